The first-order chi connectivity index (χ1) is 14.4. The van der Waals surface area contributed by atoms with Crippen molar-refractivity contribution in [3.05, 3.63) is 64.2 Å². The van der Waals surface area contributed by atoms with Crippen molar-refractivity contribution in [3.8, 4) is 5.75 Å². The van der Waals surface area contributed by atoms with Crippen molar-refractivity contribution in [2.24, 2.45) is 0 Å². The lowest BCUT2D eigenvalue weighted by Crippen LogP contribution is -2.52. The van der Waals surface area contributed by atoms with Gasteiger partial charge >= 0.3 is 0 Å². The molecular formula is C25H34N2O3. The molecule has 0 aliphatic carbocycles. The van der Waals surface area contributed by atoms with Crippen LogP contribution < -0.4 is 4.74 Å². The first kappa shape index (κ1) is 22.5. The molecule has 1 aliphatic rings. The molecule has 0 spiro atoms. The highest BCUT2D eigenvalue weighted by Gasteiger charge is 2.27. The van der Waals surface area contributed by atoms with E-state index < -0.39 is 0 Å². The van der Waals surface area contributed by atoms with E-state index in [0.29, 0.717) is 6.04 Å². The molecule has 2 aromatic carbocycles. The van der Waals surface area contributed by atoms with E-state index in [9.17, 15) is 9.90 Å². The molecule has 3 rings (SSSR count). The van der Waals surface area contributed by atoms with Gasteiger partial charge in [-0.25, -0.2) is 0 Å². The van der Waals surface area contributed by atoms with Gasteiger partial charge in [0.15, 0.2) is 5.78 Å². The number of methoxy groups -OCH3 is 1. The van der Waals surface area contributed by atoms with E-state index in [0.717, 1.165) is 50.5 Å². The molecule has 1 fully saturated rings. The number of benzene rings is 2. The normalized spacial score (nSPS) is 17.8. The van der Waals surface area contributed by atoms with Gasteiger partial charge in [0.2, 0.25) is 0 Å². The smallest absolute Gasteiger partial charge is 0.159 e. The summed E-state index contributed by atoms with van der Waals surface area (Å²) >= 11 is 0. The average molecular weight is 411 g/mol. The molecule has 162 valence electrons. The summed E-state index contributed by atoms with van der Waals surface area (Å²) < 4.78 is 5.45. The maximum atomic E-state index is 11.7. The number of piperazine rings is 1. The number of aliphatic hydroxyl groups excluding tert-OH is 1. The predicted octanol–water partition coefficient (Wildman–Crippen LogP) is 3.58. The summed E-state index contributed by atoms with van der Waals surface area (Å²) in [6, 6.07) is 12.4. The van der Waals surface area contributed by atoms with Crippen LogP contribution >= 0.6 is 0 Å². The van der Waals surface area contributed by atoms with Crippen LogP contribution in [0.25, 0.3) is 0 Å². The number of rotatable bonds is 8. The molecule has 1 heterocycles. The number of aliphatic hydroxyl groups is 1. The van der Waals surface area contributed by atoms with Crippen LogP contribution in [0.2, 0.25) is 0 Å². The second-order valence-electron chi connectivity index (χ2n) is 8.31. The Bertz CT molecular complexity index is 881. The molecule has 1 atom stereocenters. The van der Waals surface area contributed by atoms with E-state index in [-0.39, 0.29) is 12.4 Å². The quantitative estimate of drug-likeness (QED) is 0.674. The Labute approximate surface area is 180 Å². The number of nitrogens with zero attached hydrogens (tertiary/aromatic N) is 2. The highest BCUT2D eigenvalue weighted by molar-refractivity contribution is 5.94. The molecule has 1 saturated heterocycles. The Morgan fingerprint density at radius 2 is 1.93 bits per heavy atom. The number of Topliss-reactive ketones (excluding diaryl/α,β-unsaturated/α-hetero) is 1. The first-order valence-electron chi connectivity index (χ1n) is 10.7. The molecule has 5 heteroatoms. The molecule has 1 aliphatic heterocycles. The van der Waals surface area contributed by atoms with E-state index in [1.54, 1.807) is 14.0 Å². The standard InChI is InChI=1S/C25H34N2O3/c1-18-19(2)25(30-4)9-8-23(18)16-27-12-11-26(17-24(27)10-13-28)15-21-6-5-7-22(14-21)20(3)29/h5-9,14,24,28H,10-13,15-17H2,1-4H3. The number of hydrogen-bond acceptors (Lipinski definition) is 5. The Kier molecular flexibility index (Phi) is 7.64. The van der Waals surface area contributed by atoms with Crippen molar-refractivity contribution in [3.63, 3.8) is 0 Å². The van der Waals surface area contributed by atoms with Crippen LogP contribution in [0.1, 0.15) is 46.0 Å². The molecule has 0 aromatic heterocycles. The summed E-state index contributed by atoms with van der Waals surface area (Å²) in [6.45, 7) is 10.6. The van der Waals surface area contributed by atoms with Gasteiger partial charge in [-0.15, -0.1) is 0 Å². The van der Waals surface area contributed by atoms with Gasteiger partial charge in [-0.1, -0.05) is 24.3 Å². The Hall–Kier alpha value is -2.21. The van der Waals surface area contributed by atoms with Crippen LogP contribution in [-0.4, -0.2) is 60.1 Å². The van der Waals surface area contributed by atoms with Crippen molar-refractivity contribution >= 4 is 5.78 Å². The molecular weight excluding hydrogens is 376 g/mol. The summed E-state index contributed by atoms with van der Waals surface area (Å²) in [5.74, 6) is 1.03. The summed E-state index contributed by atoms with van der Waals surface area (Å²) in [5.41, 5.74) is 5.72. The van der Waals surface area contributed by atoms with Crippen molar-refractivity contribution in [1.82, 2.24) is 9.80 Å². The average Bonchev–Trinajstić information content (AvgIpc) is 2.73. The zero-order valence-corrected chi connectivity index (χ0v) is 18.6. The lowest BCUT2D eigenvalue weighted by atomic mass is 10.00. The minimum atomic E-state index is 0.102. The van der Waals surface area contributed by atoms with Crippen LogP contribution in [0.3, 0.4) is 0 Å². The minimum absolute atomic E-state index is 0.102. The molecule has 0 saturated carbocycles. The second-order valence-corrected chi connectivity index (χ2v) is 8.31. The van der Waals surface area contributed by atoms with E-state index in [2.05, 4.69) is 41.8 Å². The van der Waals surface area contributed by atoms with Crippen LogP contribution in [0.15, 0.2) is 36.4 Å². The van der Waals surface area contributed by atoms with Crippen molar-refractivity contribution < 1.29 is 14.6 Å². The zero-order chi connectivity index (χ0) is 21.7. The summed E-state index contributed by atoms with van der Waals surface area (Å²) in [6.07, 6.45) is 0.762. The topological polar surface area (TPSA) is 53.0 Å². The van der Waals surface area contributed by atoms with E-state index in [4.69, 9.17) is 4.74 Å². The van der Waals surface area contributed by atoms with Crippen LogP contribution in [-0.2, 0) is 13.1 Å². The number of hydrogen-bond donors (Lipinski definition) is 1. The minimum Gasteiger partial charge on any atom is -0.496 e. The van der Waals surface area contributed by atoms with Gasteiger partial charge in [0.25, 0.3) is 0 Å². The molecule has 1 unspecified atom stereocenters. The Morgan fingerprint density at radius 3 is 2.63 bits per heavy atom. The first-order valence-corrected chi connectivity index (χ1v) is 10.7. The maximum absolute atomic E-state index is 11.7. The van der Waals surface area contributed by atoms with Gasteiger partial charge in [0, 0.05) is 50.9 Å². The number of ether oxygens (including phenoxy) is 1. The number of ketones is 1. The van der Waals surface area contributed by atoms with Crippen molar-refractivity contribution in [2.75, 3.05) is 33.4 Å². The SMILES string of the molecule is COc1ccc(CN2CCN(Cc3cccc(C(C)=O)c3)CC2CCO)c(C)c1C. The molecule has 1 N–H and O–H groups in total. The molecule has 0 bridgehead atoms. The molecule has 0 amide bonds. The summed E-state index contributed by atoms with van der Waals surface area (Å²) in [7, 11) is 1.71. The van der Waals surface area contributed by atoms with Crippen molar-refractivity contribution in [1.29, 1.82) is 0 Å². The fourth-order valence-corrected chi connectivity index (χ4v) is 4.34. The van der Waals surface area contributed by atoms with E-state index >= 15 is 0 Å². The largest absolute Gasteiger partial charge is 0.496 e. The third-order valence-electron chi connectivity index (χ3n) is 6.33. The van der Waals surface area contributed by atoms with Gasteiger partial charge in [0.05, 0.1) is 7.11 Å². The third-order valence-corrected chi connectivity index (χ3v) is 6.33. The van der Waals surface area contributed by atoms with Gasteiger partial charge in [-0.2, -0.15) is 0 Å². The highest BCUT2D eigenvalue weighted by atomic mass is 16.5. The monoisotopic (exact) mass is 410 g/mol. The highest BCUT2D eigenvalue weighted by Crippen LogP contribution is 2.26. The lowest BCUT2D eigenvalue weighted by Gasteiger charge is -2.42. The second kappa shape index (κ2) is 10.2. The van der Waals surface area contributed by atoms with Crippen molar-refractivity contribution in [2.45, 2.75) is 46.3 Å². The fraction of sp³-hybridized carbons (Fsp3) is 0.480. The van der Waals surface area contributed by atoms with E-state index in [1.807, 2.05) is 18.2 Å². The van der Waals surface area contributed by atoms with Gasteiger partial charge in [-0.3, -0.25) is 14.6 Å². The molecule has 5 nitrogen and oxygen atoms in total. The summed E-state index contributed by atoms with van der Waals surface area (Å²) in [5, 5.41) is 9.64. The Morgan fingerprint density at radius 1 is 1.13 bits per heavy atom. The number of carbonyl (C=O) groups is 1. The van der Waals surface area contributed by atoms with Crippen LogP contribution in [0.5, 0.6) is 5.75 Å². The Balaban J connectivity index is 1.69. The zero-order valence-electron chi connectivity index (χ0n) is 18.6. The van der Waals surface area contributed by atoms with E-state index in [1.165, 1.54) is 22.3 Å². The molecule has 30 heavy (non-hydrogen) atoms. The summed E-state index contributed by atoms with van der Waals surface area (Å²) in [4.78, 5) is 16.6. The fourth-order valence-electron chi connectivity index (χ4n) is 4.34. The number of carbonyl (C=O) groups excluding carboxylic acids is 1. The lowest BCUT2D eigenvalue weighted by molar-refractivity contribution is 0.0498. The maximum Gasteiger partial charge on any atom is 0.159 e. The molecule has 2 aromatic rings. The predicted molar refractivity (Wildman–Crippen MR) is 120 cm³/mol. The van der Waals surface area contributed by atoms with Gasteiger partial charge in [-0.05, 0) is 61.6 Å². The molecule has 0 radical (unpaired) electrons. The third kappa shape index (κ3) is 5.28. The van der Waals surface area contributed by atoms with Crippen LogP contribution in [0, 0.1) is 13.8 Å². The van der Waals surface area contributed by atoms with Crippen LogP contribution in [0.4, 0.5) is 0 Å². The van der Waals surface area contributed by atoms with Gasteiger partial charge < -0.3 is 9.84 Å². The van der Waals surface area contributed by atoms with Gasteiger partial charge in [0.1, 0.15) is 5.75 Å².